The van der Waals surface area contributed by atoms with Crippen molar-refractivity contribution in [1.82, 2.24) is 10.3 Å². The van der Waals surface area contributed by atoms with E-state index >= 15 is 0 Å². The van der Waals surface area contributed by atoms with Crippen molar-refractivity contribution in [1.29, 1.82) is 0 Å². The molecule has 27 heavy (non-hydrogen) atoms. The predicted octanol–water partition coefficient (Wildman–Crippen LogP) is 3.99. The van der Waals surface area contributed by atoms with Gasteiger partial charge in [0.2, 0.25) is 0 Å². The first-order valence-corrected chi connectivity index (χ1v) is 8.52. The third kappa shape index (κ3) is 3.27. The lowest BCUT2D eigenvalue weighted by Gasteiger charge is -2.06. The molecular weight excluding hydrogens is 348 g/mol. The smallest absolute Gasteiger partial charge is 0.251 e. The van der Waals surface area contributed by atoms with E-state index in [0.717, 1.165) is 28.1 Å². The molecule has 4 aromatic rings. The molecule has 0 saturated carbocycles. The van der Waals surface area contributed by atoms with Crippen LogP contribution in [0.15, 0.2) is 54.6 Å². The Hall–Kier alpha value is -3.25. The lowest BCUT2D eigenvalue weighted by atomic mass is 10.1. The highest BCUT2D eigenvalue weighted by Gasteiger charge is 2.11. The van der Waals surface area contributed by atoms with Gasteiger partial charge in [-0.3, -0.25) is 4.79 Å². The fourth-order valence-corrected chi connectivity index (χ4v) is 3.13. The van der Waals surface area contributed by atoms with Crippen LogP contribution in [0.25, 0.3) is 21.8 Å². The van der Waals surface area contributed by atoms with Crippen LogP contribution in [0, 0.1) is 11.6 Å². The largest absolute Gasteiger partial charge is 0.354 e. The quantitative estimate of drug-likeness (QED) is 0.512. The topological polar surface area (TPSA) is 70.9 Å². The average molecular weight is 365 g/mol. The number of nitrogens with one attached hydrogen (secondary N) is 2. The molecule has 0 aliphatic heterocycles. The average Bonchev–Trinajstić information content (AvgIpc) is 3.03. The minimum absolute atomic E-state index is 0.181. The summed E-state index contributed by atoms with van der Waals surface area (Å²) in [6.07, 6.45) is 0. The molecule has 3 aromatic carbocycles. The standard InChI is InChI=1S/C21H17F2N3O/c22-17-8-16-15-6-3-13(7-19(15)26-20(16)9-18(17)23)11-25-21(27)14-4-1-12(10-24)2-5-14/h1-9,26H,10-11,24H2,(H,25,27). The molecule has 4 N–H and O–H groups in total. The second-order valence-corrected chi connectivity index (χ2v) is 6.40. The van der Waals surface area contributed by atoms with Crippen LogP contribution in [-0.2, 0) is 13.1 Å². The van der Waals surface area contributed by atoms with Crippen molar-refractivity contribution < 1.29 is 13.6 Å². The van der Waals surface area contributed by atoms with Gasteiger partial charge in [-0.1, -0.05) is 24.3 Å². The van der Waals surface area contributed by atoms with Gasteiger partial charge in [0.05, 0.1) is 0 Å². The van der Waals surface area contributed by atoms with Gasteiger partial charge in [0.1, 0.15) is 0 Å². The number of rotatable bonds is 4. The van der Waals surface area contributed by atoms with E-state index in [4.69, 9.17) is 5.73 Å². The Morgan fingerprint density at radius 3 is 2.30 bits per heavy atom. The number of aromatic amines is 1. The lowest BCUT2D eigenvalue weighted by molar-refractivity contribution is 0.0951. The fourth-order valence-electron chi connectivity index (χ4n) is 3.13. The first kappa shape index (κ1) is 17.2. The number of benzene rings is 3. The van der Waals surface area contributed by atoms with E-state index in [9.17, 15) is 13.6 Å². The number of nitrogens with two attached hydrogens (primary N) is 1. The van der Waals surface area contributed by atoms with Gasteiger partial charge in [-0.05, 0) is 35.4 Å². The predicted molar refractivity (Wildman–Crippen MR) is 101 cm³/mol. The van der Waals surface area contributed by atoms with Crippen molar-refractivity contribution in [3.8, 4) is 0 Å². The van der Waals surface area contributed by atoms with Crippen molar-refractivity contribution in [2.45, 2.75) is 13.1 Å². The van der Waals surface area contributed by atoms with Crippen LogP contribution in [0.2, 0.25) is 0 Å². The number of aromatic nitrogens is 1. The molecule has 0 atom stereocenters. The number of hydrogen-bond donors (Lipinski definition) is 3. The first-order valence-electron chi connectivity index (χ1n) is 8.52. The summed E-state index contributed by atoms with van der Waals surface area (Å²) in [5, 5.41) is 4.29. The molecule has 136 valence electrons. The maximum absolute atomic E-state index is 13.5. The number of carbonyl (C=O) groups is 1. The van der Waals surface area contributed by atoms with Crippen LogP contribution >= 0.6 is 0 Å². The van der Waals surface area contributed by atoms with E-state index in [2.05, 4.69) is 10.3 Å². The van der Waals surface area contributed by atoms with E-state index in [0.29, 0.717) is 29.6 Å². The van der Waals surface area contributed by atoms with E-state index in [1.807, 2.05) is 30.3 Å². The van der Waals surface area contributed by atoms with Gasteiger partial charge in [0, 0.05) is 46.5 Å². The monoisotopic (exact) mass is 365 g/mol. The van der Waals surface area contributed by atoms with E-state index in [1.54, 1.807) is 12.1 Å². The van der Waals surface area contributed by atoms with Gasteiger partial charge in [-0.2, -0.15) is 0 Å². The summed E-state index contributed by atoms with van der Waals surface area (Å²) in [7, 11) is 0. The van der Waals surface area contributed by atoms with E-state index < -0.39 is 11.6 Å². The van der Waals surface area contributed by atoms with E-state index in [-0.39, 0.29) is 5.91 Å². The number of halogens is 2. The second-order valence-electron chi connectivity index (χ2n) is 6.40. The molecule has 0 radical (unpaired) electrons. The van der Waals surface area contributed by atoms with Gasteiger partial charge in [0.25, 0.3) is 5.91 Å². The molecule has 0 saturated heterocycles. The van der Waals surface area contributed by atoms with Gasteiger partial charge < -0.3 is 16.0 Å². The lowest BCUT2D eigenvalue weighted by Crippen LogP contribution is -2.22. The minimum Gasteiger partial charge on any atom is -0.354 e. The molecule has 0 fully saturated rings. The highest BCUT2D eigenvalue weighted by atomic mass is 19.2. The highest BCUT2D eigenvalue weighted by molar-refractivity contribution is 6.07. The molecule has 1 amide bonds. The fraction of sp³-hybridized carbons (Fsp3) is 0.0952. The normalized spacial score (nSPS) is 11.2. The molecule has 0 unspecified atom stereocenters. The van der Waals surface area contributed by atoms with Crippen LogP contribution in [0.1, 0.15) is 21.5 Å². The third-order valence-electron chi connectivity index (χ3n) is 4.61. The van der Waals surface area contributed by atoms with Gasteiger partial charge in [-0.25, -0.2) is 8.78 Å². The van der Waals surface area contributed by atoms with Gasteiger partial charge >= 0.3 is 0 Å². The Labute approximate surface area is 154 Å². The summed E-state index contributed by atoms with van der Waals surface area (Å²) < 4.78 is 26.9. The van der Waals surface area contributed by atoms with Crippen molar-refractivity contribution in [3.63, 3.8) is 0 Å². The zero-order valence-corrected chi connectivity index (χ0v) is 14.4. The zero-order chi connectivity index (χ0) is 19.0. The number of carbonyl (C=O) groups excluding carboxylic acids is 1. The van der Waals surface area contributed by atoms with Crippen LogP contribution in [0.5, 0.6) is 0 Å². The molecule has 0 bridgehead atoms. The van der Waals surface area contributed by atoms with Crippen molar-refractivity contribution in [2.75, 3.05) is 0 Å². The summed E-state index contributed by atoms with van der Waals surface area (Å²) in [5.41, 5.74) is 9.24. The summed E-state index contributed by atoms with van der Waals surface area (Å²) in [6.45, 7) is 0.770. The second kappa shape index (κ2) is 6.81. The van der Waals surface area contributed by atoms with Crippen molar-refractivity contribution in [3.05, 3.63) is 82.9 Å². The molecular formula is C21H17F2N3O. The maximum Gasteiger partial charge on any atom is 0.251 e. The Morgan fingerprint density at radius 2 is 1.56 bits per heavy atom. The van der Waals surface area contributed by atoms with Crippen molar-refractivity contribution >= 4 is 27.7 Å². The van der Waals surface area contributed by atoms with E-state index in [1.165, 1.54) is 6.07 Å². The highest BCUT2D eigenvalue weighted by Crippen LogP contribution is 2.28. The van der Waals surface area contributed by atoms with Gasteiger partial charge in [0.15, 0.2) is 11.6 Å². The minimum atomic E-state index is -0.887. The Bertz CT molecular complexity index is 1150. The molecule has 1 aromatic heterocycles. The molecule has 0 aliphatic rings. The Balaban J connectivity index is 1.55. The van der Waals surface area contributed by atoms with Crippen molar-refractivity contribution in [2.24, 2.45) is 5.73 Å². The first-order chi connectivity index (χ1) is 13.0. The molecule has 4 nitrogen and oxygen atoms in total. The summed E-state index contributed by atoms with van der Waals surface area (Å²) in [6, 6.07) is 15.0. The van der Waals surface area contributed by atoms with Crippen LogP contribution < -0.4 is 11.1 Å². The Morgan fingerprint density at radius 1 is 0.889 bits per heavy atom. The van der Waals surface area contributed by atoms with Crippen LogP contribution in [-0.4, -0.2) is 10.9 Å². The maximum atomic E-state index is 13.5. The molecule has 1 heterocycles. The number of amides is 1. The molecule has 4 rings (SSSR count). The zero-order valence-electron chi connectivity index (χ0n) is 14.4. The van der Waals surface area contributed by atoms with Crippen LogP contribution in [0.4, 0.5) is 8.78 Å². The number of fused-ring (bicyclic) bond motifs is 3. The molecule has 6 heteroatoms. The van der Waals surface area contributed by atoms with Gasteiger partial charge in [-0.15, -0.1) is 0 Å². The summed E-state index contributed by atoms with van der Waals surface area (Å²) >= 11 is 0. The Kier molecular flexibility index (Phi) is 4.33. The van der Waals surface area contributed by atoms with Crippen LogP contribution in [0.3, 0.4) is 0 Å². The summed E-state index contributed by atoms with van der Waals surface area (Å²) in [4.78, 5) is 15.4. The molecule has 0 aliphatic carbocycles. The third-order valence-corrected chi connectivity index (χ3v) is 4.61. The number of H-pyrrole nitrogens is 1. The SMILES string of the molecule is NCc1ccc(C(=O)NCc2ccc3c(c2)[nH]c2cc(F)c(F)cc23)cc1. The summed E-state index contributed by atoms with van der Waals surface area (Å²) in [5.74, 6) is -1.94. The molecule has 0 spiro atoms. The number of hydrogen-bond acceptors (Lipinski definition) is 2.